The molecule has 14 heavy (non-hydrogen) atoms. The molecule has 0 aromatic heterocycles. The molecule has 1 saturated heterocycles. The number of nitrogens with one attached hydrogen (secondary N) is 1. The summed E-state index contributed by atoms with van der Waals surface area (Å²) in [5.41, 5.74) is 0. The van der Waals surface area contributed by atoms with Crippen LogP contribution < -0.4 is 10.1 Å². The van der Waals surface area contributed by atoms with E-state index in [9.17, 15) is 0 Å². The summed E-state index contributed by atoms with van der Waals surface area (Å²) in [6.45, 7) is 1.96. The first kappa shape index (κ1) is 10.3. The van der Waals surface area contributed by atoms with Gasteiger partial charge in [-0.2, -0.15) is 0 Å². The zero-order chi connectivity index (χ0) is 9.97. The van der Waals surface area contributed by atoms with Gasteiger partial charge >= 0.3 is 0 Å². The van der Waals surface area contributed by atoms with Gasteiger partial charge in [-0.05, 0) is 47.1 Å². The number of benzene rings is 1. The molecular formula is C10H11BrClNO. The highest BCUT2D eigenvalue weighted by atomic mass is 79.9. The van der Waals surface area contributed by atoms with Crippen LogP contribution in [0.15, 0.2) is 22.7 Å². The molecule has 0 bridgehead atoms. The van der Waals surface area contributed by atoms with E-state index in [1.54, 1.807) is 0 Å². The Morgan fingerprint density at radius 2 is 2.36 bits per heavy atom. The van der Waals surface area contributed by atoms with E-state index < -0.39 is 0 Å². The van der Waals surface area contributed by atoms with Gasteiger partial charge in [0.1, 0.15) is 11.9 Å². The molecule has 1 heterocycles. The van der Waals surface area contributed by atoms with Crippen molar-refractivity contribution in [3.05, 3.63) is 27.7 Å². The summed E-state index contributed by atoms with van der Waals surface area (Å²) < 4.78 is 6.71. The van der Waals surface area contributed by atoms with Crippen LogP contribution in [0.5, 0.6) is 5.75 Å². The molecule has 76 valence electrons. The summed E-state index contributed by atoms with van der Waals surface area (Å²) in [6.07, 6.45) is 1.35. The van der Waals surface area contributed by atoms with Gasteiger partial charge in [-0.3, -0.25) is 0 Å². The highest BCUT2D eigenvalue weighted by Crippen LogP contribution is 2.29. The van der Waals surface area contributed by atoms with Crippen molar-refractivity contribution in [1.82, 2.24) is 5.32 Å². The van der Waals surface area contributed by atoms with Gasteiger partial charge in [-0.15, -0.1) is 0 Å². The fourth-order valence-electron chi connectivity index (χ4n) is 1.48. The van der Waals surface area contributed by atoms with Gasteiger partial charge in [0.05, 0.1) is 4.47 Å². The Morgan fingerprint density at radius 3 is 3.00 bits per heavy atom. The fourth-order valence-corrected chi connectivity index (χ4v) is 2.26. The van der Waals surface area contributed by atoms with Crippen LogP contribution in [-0.2, 0) is 0 Å². The third-order valence-electron chi connectivity index (χ3n) is 2.20. The van der Waals surface area contributed by atoms with Crippen molar-refractivity contribution in [2.45, 2.75) is 12.5 Å². The Kier molecular flexibility index (Phi) is 3.31. The Labute approximate surface area is 96.7 Å². The lowest BCUT2D eigenvalue weighted by Gasteiger charge is -2.13. The zero-order valence-electron chi connectivity index (χ0n) is 7.59. The van der Waals surface area contributed by atoms with Crippen LogP contribution in [-0.4, -0.2) is 19.2 Å². The lowest BCUT2D eigenvalue weighted by molar-refractivity contribution is 0.221. The maximum Gasteiger partial charge on any atom is 0.134 e. The van der Waals surface area contributed by atoms with Gasteiger partial charge in [-0.25, -0.2) is 0 Å². The second kappa shape index (κ2) is 4.51. The first-order valence-electron chi connectivity index (χ1n) is 4.58. The Hall–Kier alpha value is -0.250. The lowest BCUT2D eigenvalue weighted by atomic mass is 10.3. The summed E-state index contributed by atoms with van der Waals surface area (Å²) in [7, 11) is 0. The minimum Gasteiger partial charge on any atom is -0.488 e. The lowest BCUT2D eigenvalue weighted by Crippen LogP contribution is -2.19. The summed E-state index contributed by atoms with van der Waals surface area (Å²) in [5.74, 6) is 0.864. The van der Waals surface area contributed by atoms with E-state index >= 15 is 0 Å². The van der Waals surface area contributed by atoms with Crippen LogP contribution in [0.1, 0.15) is 6.42 Å². The van der Waals surface area contributed by atoms with Gasteiger partial charge in [0.15, 0.2) is 0 Å². The zero-order valence-corrected chi connectivity index (χ0v) is 9.94. The van der Waals surface area contributed by atoms with Crippen molar-refractivity contribution in [1.29, 1.82) is 0 Å². The van der Waals surface area contributed by atoms with Crippen molar-refractivity contribution in [3.63, 3.8) is 0 Å². The summed E-state index contributed by atoms with van der Waals surface area (Å²) in [4.78, 5) is 0. The second-order valence-corrected chi connectivity index (χ2v) is 4.60. The van der Waals surface area contributed by atoms with Crippen LogP contribution in [0.2, 0.25) is 5.02 Å². The van der Waals surface area contributed by atoms with Gasteiger partial charge in [0.25, 0.3) is 0 Å². The van der Waals surface area contributed by atoms with E-state index in [0.717, 1.165) is 29.7 Å². The van der Waals surface area contributed by atoms with Gasteiger partial charge in [-0.1, -0.05) is 11.6 Å². The van der Waals surface area contributed by atoms with Crippen LogP contribution in [0.4, 0.5) is 0 Å². The van der Waals surface area contributed by atoms with Crippen molar-refractivity contribution >= 4 is 27.5 Å². The van der Waals surface area contributed by atoms with Crippen molar-refractivity contribution in [2.24, 2.45) is 0 Å². The molecule has 0 aliphatic carbocycles. The summed E-state index contributed by atoms with van der Waals surface area (Å²) >= 11 is 9.26. The third kappa shape index (κ3) is 2.41. The molecule has 1 fully saturated rings. The van der Waals surface area contributed by atoms with Crippen molar-refractivity contribution in [3.8, 4) is 5.75 Å². The topological polar surface area (TPSA) is 21.3 Å². The quantitative estimate of drug-likeness (QED) is 0.897. The van der Waals surface area contributed by atoms with Crippen molar-refractivity contribution < 1.29 is 4.74 Å². The standard InChI is InChI=1S/C10H11BrClNO/c11-9-5-7(12)1-2-10(9)14-8-3-4-13-6-8/h1-2,5,8,13H,3-4,6H2/t8-/m0/s1. The van der Waals surface area contributed by atoms with Crippen LogP contribution in [0, 0.1) is 0 Å². The van der Waals surface area contributed by atoms with Gasteiger partial charge < -0.3 is 10.1 Å². The molecule has 1 aliphatic rings. The van der Waals surface area contributed by atoms with E-state index in [1.807, 2.05) is 18.2 Å². The van der Waals surface area contributed by atoms with E-state index in [1.165, 1.54) is 0 Å². The SMILES string of the molecule is Clc1ccc(O[C@H]2CCNC2)c(Br)c1. The first-order chi connectivity index (χ1) is 6.75. The van der Waals surface area contributed by atoms with E-state index in [0.29, 0.717) is 5.02 Å². The molecule has 4 heteroatoms. The number of hydrogen-bond donors (Lipinski definition) is 1. The molecule has 0 unspecified atom stereocenters. The molecule has 2 nitrogen and oxygen atoms in total. The van der Waals surface area contributed by atoms with Gasteiger partial charge in [0.2, 0.25) is 0 Å². The summed E-state index contributed by atoms with van der Waals surface area (Å²) in [5, 5.41) is 3.97. The smallest absolute Gasteiger partial charge is 0.134 e. The Morgan fingerprint density at radius 1 is 1.50 bits per heavy atom. The van der Waals surface area contributed by atoms with E-state index in [-0.39, 0.29) is 6.10 Å². The molecule has 1 N–H and O–H groups in total. The molecular weight excluding hydrogens is 265 g/mol. The number of ether oxygens (including phenoxy) is 1. The Balaban J connectivity index is 2.08. The molecule has 1 aromatic rings. The predicted molar refractivity (Wildman–Crippen MR) is 61.1 cm³/mol. The molecule has 0 radical (unpaired) electrons. The molecule has 2 rings (SSSR count). The molecule has 0 spiro atoms. The molecule has 1 aliphatic heterocycles. The number of halogens is 2. The monoisotopic (exact) mass is 275 g/mol. The van der Waals surface area contributed by atoms with Gasteiger partial charge in [0, 0.05) is 11.6 Å². The molecule has 0 saturated carbocycles. The maximum absolute atomic E-state index is 5.84. The molecule has 1 aromatic carbocycles. The highest BCUT2D eigenvalue weighted by Gasteiger charge is 2.16. The van der Waals surface area contributed by atoms with Crippen LogP contribution in [0.25, 0.3) is 0 Å². The predicted octanol–water partition coefficient (Wildman–Crippen LogP) is 2.84. The third-order valence-corrected chi connectivity index (χ3v) is 3.06. The average molecular weight is 277 g/mol. The average Bonchev–Trinajstić information content (AvgIpc) is 2.62. The highest BCUT2D eigenvalue weighted by molar-refractivity contribution is 9.10. The minimum atomic E-state index is 0.285. The molecule has 1 atom stereocenters. The van der Waals surface area contributed by atoms with Crippen molar-refractivity contribution in [2.75, 3.05) is 13.1 Å². The van der Waals surface area contributed by atoms with E-state index in [2.05, 4.69) is 21.2 Å². The summed E-state index contributed by atoms with van der Waals surface area (Å²) in [6, 6.07) is 5.58. The first-order valence-corrected chi connectivity index (χ1v) is 5.75. The largest absolute Gasteiger partial charge is 0.488 e. The minimum absolute atomic E-state index is 0.285. The second-order valence-electron chi connectivity index (χ2n) is 3.31. The number of hydrogen-bond acceptors (Lipinski definition) is 2. The maximum atomic E-state index is 5.84. The Bertz CT molecular complexity index is 326. The fraction of sp³-hybridized carbons (Fsp3) is 0.400. The number of rotatable bonds is 2. The molecule has 0 amide bonds. The normalized spacial score (nSPS) is 21.1. The van der Waals surface area contributed by atoms with Crippen LogP contribution in [0.3, 0.4) is 0 Å². The van der Waals surface area contributed by atoms with Crippen LogP contribution >= 0.6 is 27.5 Å². The van der Waals surface area contributed by atoms with E-state index in [4.69, 9.17) is 16.3 Å².